The Morgan fingerprint density at radius 3 is 2.53 bits per heavy atom. The number of hydrogen-bond donors (Lipinski definition) is 1. The lowest BCUT2D eigenvalue weighted by atomic mass is 9.84. The SMILES string of the molecule is CC1(C)C(=O)Nc2ccc(OCCCCC[S+]([O-])c3ccc(C4CCCCC4)cc3)cc21. The number of carbonyl (C=O) groups is 1. The Morgan fingerprint density at radius 1 is 1.03 bits per heavy atom. The Balaban J connectivity index is 1.16. The highest BCUT2D eigenvalue weighted by Gasteiger charge is 2.38. The van der Waals surface area contributed by atoms with Gasteiger partial charge in [0.05, 0.1) is 12.0 Å². The van der Waals surface area contributed by atoms with Crippen LogP contribution in [0, 0.1) is 0 Å². The van der Waals surface area contributed by atoms with Crippen molar-refractivity contribution in [3.05, 3.63) is 53.6 Å². The smallest absolute Gasteiger partial charge is 0.234 e. The third-order valence-electron chi connectivity index (χ3n) is 6.94. The molecule has 2 aromatic rings. The van der Waals surface area contributed by atoms with Gasteiger partial charge in [-0.05, 0) is 105 Å². The number of rotatable bonds is 9. The summed E-state index contributed by atoms with van der Waals surface area (Å²) in [6, 6.07) is 14.3. The highest BCUT2D eigenvalue weighted by molar-refractivity contribution is 7.91. The zero-order valence-electron chi connectivity index (χ0n) is 19.3. The fraction of sp³-hybridized carbons (Fsp3) is 0.519. The highest BCUT2D eigenvalue weighted by Crippen LogP contribution is 2.39. The number of carbonyl (C=O) groups excluding carboxylic acids is 1. The van der Waals surface area contributed by atoms with Crippen LogP contribution >= 0.6 is 0 Å². The molecule has 1 fully saturated rings. The normalized spacial score (nSPS) is 18.8. The first-order chi connectivity index (χ1) is 15.4. The van der Waals surface area contributed by atoms with Gasteiger partial charge in [0, 0.05) is 5.69 Å². The van der Waals surface area contributed by atoms with Crippen molar-refractivity contribution in [2.45, 2.75) is 81.4 Å². The summed E-state index contributed by atoms with van der Waals surface area (Å²) in [5.41, 5.74) is 2.76. The molecule has 1 amide bonds. The number of ether oxygens (including phenoxy) is 1. The fourth-order valence-corrected chi connectivity index (χ4v) is 5.93. The monoisotopic (exact) mass is 453 g/mol. The van der Waals surface area contributed by atoms with Gasteiger partial charge in [-0.1, -0.05) is 31.4 Å². The average Bonchev–Trinajstić information content (AvgIpc) is 3.04. The van der Waals surface area contributed by atoms with Crippen molar-refractivity contribution in [2.24, 2.45) is 0 Å². The van der Waals surface area contributed by atoms with E-state index in [2.05, 4.69) is 29.6 Å². The molecule has 1 N–H and O–H groups in total. The van der Waals surface area contributed by atoms with E-state index in [9.17, 15) is 9.35 Å². The van der Waals surface area contributed by atoms with Crippen LogP contribution in [0.2, 0.25) is 0 Å². The number of hydrogen-bond acceptors (Lipinski definition) is 3. The number of nitrogens with one attached hydrogen (secondary N) is 1. The number of amides is 1. The molecule has 0 spiro atoms. The van der Waals surface area contributed by atoms with Crippen LogP contribution in [-0.2, 0) is 21.4 Å². The second-order valence-electron chi connectivity index (χ2n) is 9.65. The van der Waals surface area contributed by atoms with Gasteiger partial charge in [-0.3, -0.25) is 4.79 Å². The number of benzene rings is 2. The van der Waals surface area contributed by atoms with Gasteiger partial charge in [-0.25, -0.2) is 0 Å². The lowest BCUT2D eigenvalue weighted by Crippen LogP contribution is -2.26. The molecule has 4 rings (SSSR count). The zero-order chi connectivity index (χ0) is 22.6. The van der Waals surface area contributed by atoms with E-state index in [4.69, 9.17) is 4.74 Å². The van der Waals surface area contributed by atoms with Crippen molar-refractivity contribution < 1.29 is 14.1 Å². The van der Waals surface area contributed by atoms with Gasteiger partial charge in [0.25, 0.3) is 0 Å². The summed E-state index contributed by atoms with van der Waals surface area (Å²) in [7, 11) is 0. The maximum absolute atomic E-state index is 12.6. The van der Waals surface area contributed by atoms with Gasteiger partial charge in [-0.15, -0.1) is 0 Å². The maximum atomic E-state index is 12.6. The molecule has 1 aliphatic heterocycles. The molecule has 2 aliphatic rings. The summed E-state index contributed by atoms with van der Waals surface area (Å²) in [4.78, 5) is 13.0. The van der Waals surface area contributed by atoms with Crippen LogP contribution in [0.25, 0.3) is 0 Å². The lowest BCUT2D eigenvalue weighted by molar-refractivity contribution is -0.119. The molecule has 0 aromatic heterocycles. The molecule has 1 aliphatic carbocycles. The Bertz CT molecular complexity index is 919. The van der Waals surface area contributed by atoms with E-state index in [0.29, 0.717) is 18.3 Å². The molecule has 1 heterocycles. The maximum Gasteiger partial charge on any atom is 0.234 e. The first kappa shape index (κ1) is 23.2. The van der Waals surface area contributed by atoms with E-state index in [-0.39, 0.29) is 5.91 Å². The molecular formula is C27H35NO3S. The van der Waals surface area contributed by atoms with Gasteiger partial charge in [0.2, 0.25) is 5.91 Å². The van der Waals surface area contributed by atoms with E-state index in [0.717, 1.165) is 41.2 Å². The van der Waals surface area contributed by atoms with Crippen molar-refractivity contribution in [3.63, 3.8) is 0 Å². The molecule has 1 atom stereocenters. The molecule has 0 saturated heterocycles. The summed E-state index contributed by atoms with van der Waals surface area (Å²) in [5.74, 6) is 2.22. The minimum atomic E-state index is -0.930. The molecule has 5 heteroatoms. The average molecular weight is 454 g/mol. The van der Waals surface area contributed by atoms with Crippen molar-refractivity contribution in [1.82, 2.24) is 0 Å². The molecular weight excluding hydrogens is 418 g/mol. The Morgan fingerprint density at radius 2 is 1.78 bits per heavy atom. The van der Waals surface area contributed by atoms with Crippen LogP contribution in [0.3, 0.4) is 0 Å². The molecule has 1 saturated carbocycles. The second kappa shape index (κ2) is 10.3. The van der Waals surface area contributed by atoms with Crippen LogP contribution in [0.5, 0.6) is 5.75 Å². The fourth-order valence-electron chi connectivity index (χ4n) is 4.79. The van der Waals surface area contributed by atoms with E-state index in [1.54, 1.807) is 0 Å². The topological polar surface area (TPSA) is 61.4 Å². The van der Waals surface area contributed by atoms with Gasteiger partial charge >= 0.3 is 0 Å². The minimum Gasteiger partial charge on any atom is -0.611 e. The largest absolute Gasteiger partial charge is 0.611 e. The molecule has 0 radical (unpaired) electrons. The molecule has 4 nitrogen and oxygen atoms in total. The number of anilines is 1. The van der Waals surface area contributed by atoms with Crippen molar-refractivity contribution in [3.8, 4) is 5.75 Å². The van der Waals surface area contributed by atoms with E-state index < -0.39 is 16.6 Å². The van der Waals surface area contributed by atoms with Gasteiger partial charge < -0.3 is 14.6 Å². The van der Waals surface area contributed by atoms with Crippen molar-refractivity contribution in [2.75, 3.05) is 17.7 Å². The molecule has 0 bridgehead atoms. The Labute approximate surface area is 195 Å². The van der Waals surface area contributed by atoms with Gasteiger partial charge in [-0.2, -0.15) is 0 Å². The molecule has 2 aromatic carbocycles. The van der Waals surface area contributed by atoms with E-state index >= 15 is 0 Å². The Kier molecular flexibility index (Phi) is 7.47. The van der Waals surface area contributed by atoms with E-state index in [1.807, 2.05) is 32.0 Å². The summed E-state index contributed by atoms with van der Waals surface area (Å²) >= 11 is -0.930. The predicted octanol–water partition coefficient (Wildman–Crippen LogP) is 6.32. The first-order valence-corrected chi connectivity index (χ1v) is 13.3. The first-order valence-electron chi connectivity index (χ1n) is 12.0. The third-order valence-corrected chi connectivity index (χ3v) is 8.40. The molecule has 32 heavy (non-hydrogen) atoms. The number of unbranched alkanes of at least 4 members (excludes halogenated alkanes) is 2. The molecule has 172 valence electrons. The van der Waals surface area contributed by atoms with Crippen LogP contribution in [-0.4, -0.2) is 22.8 Å². The number of fused-ring (bicyclic) bond motifs is 1. The Hall–Kier alpha value is -1.98. The minimum absolute atomic E-state index is 0.0290. The highest BCUT2D eigenvalue weighted by atomic mass is 32.2. The summed E-state index contributed by atoms with van der Waals surface area (Å²) in [5, 5.41) is 2.92. The van der Waals surface area contributed by atoms with E-state index in [1.165, 1.54) is 37.7 Å². The summed E-state index contributed by atoms with van der Waals surface area (Å²) < 4.78 is 18.5. The third kappa shape index (κ3) is 5.32. The van der Waals surface area contributed by atoms with Crippen LogP contribution < -0.4 is 10.1 Å². The van der Waals surface area contributed by atoms with Crippen LogP contribution in [0.1, 0.15) is 82.3 Å². The quantitative estimate of drug-likeness (QED) is 0.357. The lowest BCUT2D eigenvalue weighted by Gasteiger charge is -2.22. The summed E-state index contributed by atoms with van der Waals surface area (Å²) in [6.45, 7) is 4.49. The van der Waals surface area contributed by atoms with Crippen molar-refractivity contribution in [1.29, 1.82) is 0 Å². The molecule has 1 unspecified atom stereocenters. The standard InChI is InChI=1S/C27H35NO3S/c1-27(2)24-19-22(13-16-25(24)28-26(27)29)31-17-7-4-8-18-32(30)23-14-11-21(12-15-23)20-9-5-3-6-10-20/h11-16,19-20H,3-10,17-18H2,1-2H3,(H,28,29). The second-order valence-corrected chi connectivity index (χ2v) is 11.2. The summed E-state index contributed by atoms with van der Waals surface area (Å²) in [6.07, 6.45) is 9.47. The zero-order valence-corrected chi connectivity index (χ0v) is 20.1. The predicted molar refractivity (Wildman–Crippen MR) is 131 cm³/mol. The van der Waals surface area contributed by atoms with Gasteiger partial charge in [0.15, 0.2) is 4.90 Å². The van der Waals surface area contributed by atoms with Crippen LogP contribution in [0.4, 0.5) is 5.69 Å². The van der Waals surface area contributed by atoms with Gasteiger partial charge in [0.1, 0.15) is 11.5 Å². The van der Waals surface area contributed by atoms with Crippen LogP contribution in [0.15, 0.2) is 47.4 Å². The van der Waals surface area contributed by atoms with Crippen molar-refractivity contribution >= 4 is 22.8 Å².